The number of nitrogens with one attached hydrogen (secondary N) is 1. The standard InChI is InChI=1S/C16H18INO4S/c1-12-4-3-5-13(10-12)22-9-8-18-23(19,20)14-6-7-16(21-2)15(17)11-14/h3-7,10-11,18H,8-9H2,1-2H3. The van der Waals surface area contributed by atoms with Crippen LogP contribution in [-0.2, 0) is 10.0 Å². The van der Waals surface area contributed by atoms with Gasteiger partial charge in [0.25, 0.3) is 0 Å². The second-order valence-electron chi connectivity index (χ2n) is 4.86. The first-order valence-electron chi connectivity index (χ1n) is 6.95. The number of methoxy groups -OCH3 is 1. The van der Waals surface area contributed by atoms with Gasteiger partial charge < -0.3 is 9.47 Å². The average molecular weight is 447 g/mol. The average Bonchev–Trinajstić information content (AvgIpc) is 2.51. The number of rotatable bonds is 7. The minimum Gasteiger partial charge on any atom is -0.496 e. The Morgan fingerprint density at radius 2 is 1.96 bits per heavy atom. The van der Waals surface area contributed by atoms with Crippen molar-refractivity contribution in [1.82, 2.24) is 4.72 Å². The van der Waals surface area contributed by atoms with E-state index in [9.17, 15) is 8.42 Å². The summed E-state index contributed by atoms with van der Waals surface area (Å²) in [5.41, 5.74) is 1.09. The Balaban J connectivity index is 1.92. The minimum absolute atomic E-state index is 0.193. The molecule has 0 aliphatic carbocycles. The first-order chi connectivity index (χ1) is 10.9. The van der Waals surface area contributed by atoms with E-state index in [2.05, 4.69) is 4.72 Å². The fourth-order valence-electron chi connectivity index (χ4n) is 1.95. The van der Waals surface area contributed by atoms with Crippen molar-refractivity contribution in [2.75, 3.05) is 20.3 Å². The van der Waals surface area contributed by atoms with Crippen LogP contribution in [0.15, 0.2) is 47.4 Å². The number of hydrogen-bond acceptors (Lipinski definition) is 4. The maximum Gasteiger partial charge on any atom is 0.240 e. The number of benzene rings is 2. The quantitative estimate of drug-likeness (QED) is 0.524. The molecule has 0 saturated heterocycles. The molecule has 0 aromatic heterocycles. The highest BCUT2D eigenvalue weighted by molar-refractivity contribution is 14.1. The van der Waals surface area contributed by atoms with Gasteiger partial charge in [-0.05, 0) is 65.4 Å². The molecule has 0 radical (unpaired) electrons. The predicted molar refractivity (Wildman–Crippen MR) is 97.6 cm³/mol. The van der Waals surface area contributed by atoms with Crippen molar-refractivity contribution in [3.8, 4) is 11.5 Å². The third-order valence-electron chi connectivity index (χ3n) is 3.09. The highest BCUT2D eigenvalue weighted by Crippen LogP contribution is 2.23. The van der Waals surface area contributed by atoms with Crippen molar-refractivity contribution in [3.63, 3.8) is 0 Å². The fourth-order valence-corrected chi connectivity index (χ4v) is 3.93. The Hall–Kier alpha value is -1.32. The molecule has 0 saturated carbocycles. The number of halogens is 1. The molecular weight excluding hydrogens is 429 g/mol. The van der Waals surface area contributed by atoms with Crippen LogP contribution in [0.2, 0.25) is 0 Å². The molecule has 0 amide bonds. The monoisotopic (exact) mass is 447 g/mol. The van der Waals surface area contributed by atoms with Gasteiger partial charge in [-0.25, -0.2) is 13.1 Å². The zero-order valence-corrected chi connectivity index (χ0v) is 15.8. The smallest absolute Gasteiger partial charge is 0.240 e. The summed E-state index contributed by atoms with van der Waals surface area (Å²) in [5.74, 6) is 1.37. The number of hydrogen-bond donors (Lipinski definition) is 1. The van der Waals surface area contributed by atoms with Gasteiger partial charge in [0, 0.05) is 6.54 Å². The van der Waals surface area contributed by atoms with Crippen LogP contribution in [0.3, 0.4) is 0 Å². The molecule has 0 aliphatic heterocycles. The van der Waals surface area contributed by atoms with Crippen LogP contribution in [0.5, 0.6) is 11.5 Å². The van der Waals surface area contributed by atoms with E-state index in [1.54, 1.807) is 19.2 Å². The molecule has 0 bridgehead atoms. The summed E-state index contributed by atoms with van der Waals surface area (Å²) < 4.78 is 38.4. The molecule has 0 aliphatic rings. The maximum atomic E-state index is 12.2. The van der Waals surface area contributed by atoms with E-state index in [0.717, 1.165) is 14.9 Å². The van der Waals surface area contributed by atoms with Crippen molar-refractivity contribution < 1.29 is 17.9 Å². The van der Waals surface area contributed by atoms with Gasteiger partial charge in [-0.15, -0.1) is 0 Å². The van der Waals surface area contributed by atoms with E-state index < -0.39 is 10.0 Å². The van der Waals surface area contributed by atoms with Gasteiger partial charge in [-0.1, -0.05) is 12.1 Å². The second kappa shape index (κ2) is 7.98. The lowest BCUT2D eigenvalue weighted by molar-refractivity contribution is 0.322. The molecule has 5 nitrogen and oxygen atoms in total. The van der Waals surface area contributed by atoms with Crippen molar-refractivity contribution in [1.29, 1.82) is 0 Å². The van der Waals surface area contributed by atoms with E-state index in [1.807, 2.05) is 53.8 Å². The predicted octanol–water partition coefficient (Wildman–Crippen LogP) is 2.97. The topological polar surface area (TPSA) is 64.6 Å². The largest absolute Gasteiger partial charge is 0.496 e. The van der Waals surface area contributed by atoms with Crippen molar-refractivity contribution in [2.24, 2.45) is 0 Å². The molecule has 23 heavy (non-hydrogen) atoms. The van der Waals surface area contributed by atoms with E-state index in [0.29, 0.717) is 5.75 Å². The van der Waals surface area contributed by atoms with E-state index in [4.69, 9.17) is 9.47 Å². The minimum atomic E-state index is -3.56. The van der Waals surface area contributed by atoms with Crippen molar-refractivity contribution >= 4 is 32.6 Å². The van der Waals surface area contributed by atoms with E-state index >= 15 is 0 Å². The van der Waals surface area contributed by atoms with Gasteiger partial charge in [0.05, 0.1) is 15.6 Å². The highest BCUT2D eigenvalue weighted by Gasteiger charge is 2.15. The van der Waals surface area contributed by atoms with Crippen LogP contribution in [0.25, 0.3) is 0 Å². The van der Waals surface area contributed by atoms with Gasteiger partial charge >= 0.3 is 0 Å². The molecule has 2 aromatic rings. The van der Waals surface area contributed by atoms with Crippen molar-refractivity contribution in [2.45, 2.75) is 11.8 Å². The molecule has 0 unspecified atom stereocenters. The van der Waals surface area contributed by atoms with Gasteiger partial charge in [0.2, 0.25) is 10.0 Å². The van der Waals surface area contributed by atoms with E-state index in [-0.39, 0.29) is 18.0 Å². The Morgan fingerprint density at radius 1 is 1.17 bits per heavy atom. The van der Waals surface area contributed by atoms with Gasteiger partial charge in [-0.3, -0.25) is 0 Å². The second-order valence-corrected chi connectivity index (χ2v) is 7.79. The lowest BCUT2D eigenvalue weighted by Crippen LogP contribution is -2.28. The van der Waals surface area contributed by atoms with Crippen molar-refractivity contribution in [3.05, 3.63) is 51.6 Å². The fraction of sp³-hybridized carbons (Fsp3) is 0.250. The molecule has 0 spiro atoms. The summed E-state index contributed by atoms with van der Waals surface area (Å²) in [5, 5.41) is 0. The first kappa shape index (κ1) is 18.0. The molecule has 7 heteroatoms. The summed E-state index contributed by atoms with van der Waals surface area (Å²) in [6, 6.07) is 12.3. The Bertz CT molecular complexity index is 777. The maximum absolute atomic E-state index is 12.2. The third kappa shape index (κ3) is 5.08. The number of aryl methyl sites for hydroxylation is 1. The zero-order chi connectivity index (χ0) is 16.9. The molecule has 1 N–H and O–H groups in total. The van der Waals surface area contributed by atoms with E-state index in [1.165, 1.54) is 6.07 Å². The van der Waals surface area contributed by atoms with Gasteiger partial charge in [0.1, 0.15) is 18.1 Å². The number of sulfonamides is 1. The molecule has 0 heterocycles. The first-order valence-corrected chi connectivity index (χ1v) is 9.51. The van der Waals surface area contributed by atoms with Crippen LogP contribution >= 0.6 is 22.6 Å². The molecule has 2 aromatic carbocycles. The summed E-state index contributed by atoms with van der Waals surface area (Å²) in [7, 11) is -2.01. The third-order valence-corrected chi connectivity index (χ3v) is 5.39. The summed E-state index contributed by atoms with van der Waals surface area (Å²) >= 11 is 2.04. The summed E-state index contributed by atoms with van der Waals surface area (Å²) in [4.78, 5) is 0.207. The Kier molecular flexibility index (Phi) is 6.25. The molecule has 2 rings (SSSR count). The van der Waals surface area contributed by atoms with Crippen LogP contribution in [0.1, 0.15) is 5.56 Å². The van der Waals surface area contributed by atoms with Gasteiger partial charge in [0.15, 0.2) is 0 Å². The molecule has 0 fully saturated rings. The lowest BCUT2D eigenvalue weighted by atomic mass is 10.2. The van der Waals surface area contributed by atoms with Crippen LogP contribution in [0.4, 0.5) is 0 Å². The molecule has 124 valence electrons. The number of ether oxygens (including phenoxy) is 2. The normalized spacial score (nSPS) is 11.3. The lowest BCUT2D eigenvalue weighted by Gasteiger charge is -2.10. The van der Waals surface area contributed by atoms with Crippen LogP contribution in [-0.4, -0.2) is 28.7 Å². The Morgan fingerprint density at radius 3 is 2.61 bits per heavy atom. The van der Waals surface area contributed by atoms with Crippen LogP contribution < -0.4 is 14.2 Å². The zero-order valence-electron chi connectivity index (χ0n) is 12.9. The Labute approximate surface area is 150 Å². The summed E-state index contributed by atoms with van der Waals surface area (Å²) in [6.07, 6.45) is 0. The highest BCUT2D eigenvalue weighted by atomic mass is 127. The van der Waals surface area contributed by atoms with Crippen LogP contribution in [0, 0.1) is 10.5 Å². The molecular formula is C16H18INO4S. The SMILES string of the molecule is COc1ccc(S(=O)(=O)NCCOc2cccc(C)c2)cc1I. The molecule has 0 atom stereocenters. The summed E-state index contributed by atoms with van der Waals surface area (Å²) in [6.45, 7) is 2.43. The van der Waals surface area contributed by atoms with Gasteiger partial charge in [-0.2, -0.15) is 0 Å².